The number of nitrogens with one attached hydrogen (secondary N) is 2. The number of hydrogen-bond donors (Lipinski definition) is 2. The number of aromatic nitrogens is 5. The molecule has 0 spiro atoms. The molecule has 1 aliphatic heterocycles. The Morgan fingerprint density at radius 3 is 2.53 bits per heavy atom. The number of carbonyl (C=O) groups excluding carboxylic acids is 1. The van der Waals surface area contributed by atoms with Gasteiger partial charge >= 0.3 is 0 Å². The predicted octanol–water partition coefficient (Wildman–Crippen LogP) is 3.84. The smallest absolute Gasteiger partial charge is 0.245 e. The number of hydrogen-bond acceptors (Lipinski definition) is 6. The summed E-state index contributed by atoms with van der Waals surface area (Å²) in [5.74, 6) is 2.34. The van der Waals surface area contributed by atoms with Crippen LogP contribution in [0.4, 0.5) is 17.6 Å². The van der Waals surface area contributed by atoms with Crippen molar-refractivity contribution in [2.75, 3.05) is 36.4 Å². The fourth-order valence-electron chi connectivity index (χ4n) is 5.38. The molecule has 2 N–H and O–H groups in total. The first kappa shape index (κ1) is 22.6. The van der Waals surface area contributed by atoms with Crippen molar-refractivity contribution in [2.24, 2.45) is 0 Å². The number of anilines is 3. The Hall–Kier alpha value is -3.88. The van der Waals surface area contributed by atoms with Crippen LogP contribution < -0.4 is 10.2 Å². The quantitative estimate of drug-likeness (QED) is 0.432. The number of aromatic amines is 1. The molecular formula is C27H32N8O. The summed E-state index contributed by atoms with van der Waals surface area (Å²) < 4.78 is 1.84. The lowest BCUT2D eigenvalue weighted by Gasteiger charge is -2.46. The molecule has 2 fully saturated rings. The molecule has 9 heteroatoms. The van der Waals surface area contributed by atoms with E-state index in [1.54, 1.807) is 0 Å². The third-order valence-electron chi connectivity index (χ3n) is 7.71. The van der Waals surface area contributed by atoms with Crippen molar-refractivity contribution < 1.29 is 4.79 Å². The fourth-order valence-corrected chi connectivity index (χ4v) is 5.38. The van der Waals surface area contributed by atoms with Crippen LogP contribution >= 0.6 is 0 Å². The molecule has 0 bridgehead atoms. The molecule has 2 aliphatic rings. The Kier molecular flexibility index (Phi) is 5.62. The number of rotatable bonds is 6. The van der Waals surface area contributed by atoms with Crippen molar-refractivity contribution in [1.82, 2.24) is 29.7 Å². The van der Waals surface area contributed by atoms with Gasteiger partial charge in [0.1, 0.15) is 5.52 Å². The molecule has 3 aromatic heterocycles. The van der Waals surface area contributed by atoms with Crippen LogP contribution in [0.25, 0.3) is 5.52 Å². The van der Waals surface area contributed by atoms with Crippen molar-refractivity contribution in [3.05, 3.63) is 65.5 Å². The molecular weight excluding hydrogens is 452 g/mol. The highest BCUT2D eigenvalue weighted by atomic mass is 16.2. The van der Waals surface area contributed by atoms with E-state index >= 15 is 0 Å². The normalized spacial score (nSPS) is 17.3. The first-order valence-corrected chi connectivity index (χ1v) is 12.8. The number of amides is 1. The van der Waals surface area contributed by atoms with E-state index in [0.29, 0.717) is 43.8 Å². The second kappa shape index (κ2) is 8.96. The van der Waals surface area contributed by atoms with Crippen LogP contribution in [0.5, 0.6) is 0 Å². The SMILES string of the molecule is CCc1ccc(C2(C(=O)N3CCN(c4nc(Nc5cc(C)[nH]n5)c5cccn5n4)CC3)CCC2)cc1. The molecule has 1 amide bonds. The van der Waals surface area contributed by atoms with Crippen molar-refractivity contribution in [3.8, 4) is 0 Å². The second-order valence-electron chi connectivity index (χ2n) is 9.92. The van der Waals surface area contributed by atoms with E-state index in [-0.39, 0.29) is 11.3 Å². The third kappa shape index (κ3) is 3.88. The van der Waals surface area contributed by atoms with E-state index in [4.69, 9.17) is 10.1 Å². The minimum atomic E-state index is -0.353. The Morgan fingerprint density at radius 1 is 1.11 bits per heavy atom. The number of fused-ring (bicyclic) bond motifs is 1. The average Bonchev–Trinajstić information content (AvgIpc) is 3.52. The van der Waals surface area contributed by atoms with Gasteiger partial charge in [-0.15, -0.1) is 5.10 Å². The molecule has 1 saturated heterocycles. The highest BCUT2D eigenvalue weighted by Crippen LogP contribution is 2.45. The molecule has 1 aliphatic carbocycles. The maximum atomic E-state index is 13.8. The van der Waals surface area contributed by atoms with Gasteiger partial charge in [0.2, 0.25) is 11.9 Å². The van der Waals surface area contributed by atoms with E-state index in [1.807, 2.05) is 40.7 Å². The Morgan fingerprint density at radius 2 is 1.89 bits per heavy atom. The summed E-state index contributed by atoms with van der Waals surface area (Å²) >= 11 is 0. The molecule has 0 radical (unpaired) electrons. The highest BCUT2D eigenvalue weighted by molar-refractivity contribution is 5.89. The van der Waals surface area contributed by atoms with Crippen LogP contribution in [0, 0.1) is 6.92 Å². The maximum Gasteiger partial charge on any atom is 0.245 e. The van der Waals surface area contributed by atoms with Gasteiger partial charge in [-0.25, -0.2) is 4.52 Å². The molecule has 186 valence electrons. The van der Waals surface area contributed by atoms with Gasteiger partial charge in [-0.05, 0) is 49.4 Å². The van der Waals surface area contributed by atoms with Gasteiger partial charge in [0.25, 0.3) is 0 Å². The second-order valence-corrected chi connectivity index (χ2v) is 9.92. The molecule has 9 nitrogen and oxygen atoms in total. The molecule has 4 aromatic rings. The van der Waals surface area contributed by atoms with E-state index in [2.05, 4.69) is 51.6 Å². The third-order valence-corrected chi connectivity index (χ3v) is 7.71. The first-order valence-electron chi connectivity index (χ1n) is 12.8. The van der Waals surface area contributed by atoms with E-state index in [0.717, 1.165) is 36.9 Å². The number of piperazine rings is 1. The number of H-pyrrole nitrogens is 1. The Bertz CT molecular complexity index is 1380. The average molecular weight is 485 g/mol. The van der Waals surface area contributed by atoms with Gasteiger partial charge in [0.15, 0.2) is 11.6 Å². The first-order chi connectivity index (χ1) is 17.6. The summed E-state index contributed by atoms with van der Waals surface area (Å²) in [7, 11) is 0. The van der Waals surface area contributed by atoms with Gasteiger partial charge in [0, 0.05) is 44.1 Å². The summed E-state index contributed by atoms with van der Waals surface area (Å²) in [5, 5.41) is 15.3. The summed E-state index contributed by atoms with van der Waals surface area (Å²) in [6.45, 7) is 6.86. The van der Waals surface area contributed by atoms with Gasteiger partial charge in [-0.2, -0.15) is 10.1 Å². The summed E-state index contributed by atoms with van der Waals surface area (Å²) in [6.07, 6.45) is 5.92. The van der Waals surface area contributed by atoms with Crippen LogP contribution in [-0.4, -0.2) is 61.8 Å². The molecule has 36 heavy (non-hydrogen) atoms. The standard InChI is InChI=1S/C27H32N8O/c1-3-20-7-9-21(10-8-20)27(11-5-12-27)25(36)33-14-16-34(17-15-33)26-29-24(22-6-4-13-35(22)32-26)28-23-18-19(2)30-31-23/h4,6-10,13,18H,3,5,11-12,14-17H2,1-2H3,(H2,28,29,30,31,32). The summed E-state index contributed by atoms with van der Waals surface area (Å²) in [6, 6.07) is 14.6. The zero-order valence-corrected chi connectivity index (χ0v) is 20.9. The van der Waals surface area contributed by atoms with Gasteiger partial charge < -0.3 is 15.1 Å². The fraction of sp³-hybridized carbons (Fsp3) is 0.407. The topological polar surface area (TPSA) is 94.5 Å². The summed E-state index contributed by atoms with van der Waals surface area (Å²) in [4.78, 5) is 22.8. The van der Waals surface area contributed by atoms with Gasteiger partial charge in [-0.1, -0.05) is 37.6 Å². The number of aryl methyl sites for hydroxylation is 2. The zero-order valence-electron chi connectivity index (χ0n) is 20.9. The minimum absolute atomic E-state index is 0.274. The van der Waals surface area contributed by atoms with Crippen LogP contribution in [0.1, 0.15) is 43.0 Å². The van der Waals surface area contributed by atoms with E-state index in [1.165, 1.54) is 11.1 Å². The maximum absolute atomic E-state index is 13.8. The van der Waals surface area contributed by atoms with Crippen molar-refractivity contribution in [3.63, 3.8) is 0 Å². The van der Waals surface area contributed by atoms with Crippen molar-refractivity contribution >= 4 is 29.0 Å². The van der Waals surface area contributed by atoms with Crippen LogP contribution in [0.3, 0.4) is 0 Å². The van der Waals surface area contributed by atoms with Crippen LogP contribution in [0.2, 0.25) is 0 Å². The number of carbonyl (C=O) groups is 1. The number of benzene rings is 1. The largest absolute Gasteiger partial charge is 0.338 e. The Labute approximate surface area is 210 Å². The number of nitrogens with zero attached hydrogens (tertiary/aromatic N) is 6. The molecule has 4 heterocycles. The van der Waals surface area contributed by atoms with Crippen LogP contribution in [-0.2, 0) is 16.6 Å². The Balaban J connectivity index is 1.18. The molecule has 0 atom stereocenters. The molecule has 0 unspecified atom stereocenters. The van der Waals surface area contributed by atoms with Gasteiger partial charge in [0.05, 0.1) is 5.41 Å². The predicted molar refractivity (Wildman–Crippen MR) is 140 cm³/mol. The zero-order chi connectivity index (χ0) is 24.7. The highest BCUT2D eigenvalue weighted by Gasteiger charge is 2.48. The van der Waals surface area contributed by atoms with Gasteiger partial charge in [-0.3, -0.25) is 9.89 Å². The van der Waals surface area contributed by atoms with Crippen LogP contribution in [0.15, 0.2) is 48.7 Å². The van der Waals surface area contributed by atoms with E-state index in [9.17, 15) is 4.79 Å². The van der Waals surface area contributed by atoms with E-state index < -0.39 is 0 Å². The van der Waals surface area contributed by atoms with Crippen molar-refractivity contribution in [1.29, 1.82) is 0 Å². The summed E-state index contributed by atoms with van der Waals surface area (Å²) in [5.41, 5.74) is 3.99. The molecule has 1 saturated carbocycles. The minimum Gasteiger partial charge on any atom is -0.338 e. The lowest BCUT2D eigenvalue weighted by atomic mass is 9.63. The monoisotopic (exact) mass is 484 g/mol. The lowest BCUT2D eigenvalue weighted by molar-refractivity contribution is -0.141. The lowest BCUT2D eigenvalue weighted by Crippen LogP contribution is -2.57. The van der Waals surface area contributed by atoms with Crippen molar-refractivity contribution in [2.45, 2.75) is 44.9 Å². The molecule has 6 rings (SSSR count). The molecule has 1 aromatic carbocycles.